The molecular formula is C13H18BrNO3. The van der Waals surface area contributed by atoms with Crippen LogP contribution in [-0.4, -0.2) is 41.4 Å². The van der Waals surface area contributed by atoms with E-state index in [4.69, 9.17) is 9.84 Å². The van der Waals surface area contributed by atoms with Gasteiger partial charge in [0.1, 0.15) is 0 Å². The van der Waals surface area contributed by atoms with E-state index in [1.807, 2.05) is 6.07 Å². The van der Waals surface area contributed by atoms with Crippen LogP contribution in [0.4, 0.5) is 0 Å². The number of methoxy groups -OCH3 is 1. The predicted molar refractivity (Wildman–Crippen MR) is 72.9 cm³/mol. The van der Waals surface area contributed by atoms with Crippen LogP contribution in [0.3, 0.4) is 0 Å². The molecule has 1 aliphatic rings. The average Bonchev–Trinajstić information content (AvgIpc) is 3.16. The Balaban J connectivity index is 2.18. The van der Waals surface area contributed by atoms with E-state index in [1.54, 1.807) is 6.07 Å². The van der Waals surface area contributed by atoms with E-state index in [0.717, 1.165) is 10.0 Å². The first kappa shape index (κ1) is 13.6. The van der Waals surface area contributed by atoms with Crippen molar-refractivity contribution < 1.29 is 14.9 Å². The van der Waals surface area contributed by atoms with Gasteiger partial charge in [-0.05, 0) is 25.0 Å². The summed E-state index contributed by atoms with van der Waals surface area (Å²) in [5, 5.41) is 19.2. The fraction of sp³-hybridized carbons (Fsp3) is 0.538. The maximum absolute atomic E-state index is 10.1. The zero-order chi connectivity index (χ0) is 13.1. The van der Waals surface area contributed by atoms with Crippen LogP contribution in [0.15, 0.2) is 16.6 Å². The number of hydrogen-bond donors (Lipinski definition) is 2. The molecule has 4 nitrogen and oxygen atoms in total. The van der Waals surface area contributed by atoms with Gasteiger partial charge in [0.2, 0.25) is 0 Å². The number of nitrogens with zero attached hydrogens (tertiary/aromatic N) is 1. The summed E-state index contributed by atoms with van der Waals surface area (Å²) >= 11 is 3.41. The maximum atomic E-state index is 10.1. The van der Waals surface area contributed by atoms with E-state index in [9.17, 15) is 5.11 Å². The van der Waals surface area contributed by atoms with Gasteiger partial charge in [0.05, 0.1) is 13.7 Å². The smallest absolute Gasteiger partial charge is 0.162 e. The lowest BCUT2D eigenvalue weighted by Crippen LogP contribution is -2.28. The zero-order valence-corrected chi connectivity index (χ0v) is 12.0. The molecule has 0 saturated heterocycles. The van der Waals surface area contributed by atoms with E-state index in [1.165, 1.54) is 20.0 Å². The summed E-state index contributed by atoms with van der Waals surface area (Å²) < 4.78 is 6.02. The molecule has 0 radical (unpaired) electrons. The molecule has 0 heterocycles. The Kier molecular flexibility index (Phi) is 4.48. The quantitative estimate of drug-likeness (QED) is 0.844. The molecule has 100 valence electrons. The molecule has 0 spiro atoms. The lowest BCUT2D eigenvalue weighted by atomic mass is 10.1. The van der Waals surface area contributed by atoms with Crippen molar-refractivity contribution in [3.63, 3.8) is 0 Å². The largest absolute Gasteiger partial charge is 0.504 e. The number of halogens is 1. The number of phenols is 1. The Morgan fingerprint density at radius 2 is 2.17 bits per heavy atom. The van der Waals surface area contributed by atoms with Gasteiger partial charge in [-0.2, -0.15) is 0 Å². The minimum Gasteiger partial charge on any atom is -0.504 e. The van der Waals surface area contributed by atoms with Crippen LogP contribution in [0.2, 0.25) is 0 Å². The molecule has 5 heteroatoms. The second-order valence-electron chi connectivity index (χ2n) is 4.54. The Morgan fingerprint density at radius 3 is 2.72 bits per heavy atom. The van der Waals surface area contributed by atoms with Crippen LogP contribution in [0.25, 0.3) is 0 Å². The van der Waals surface area contributed by atoms with Crippen molar-refractivity contribution in [1.82, 2.24) is 4.90 Å². The fourth-order valence-corrected chi connectivity index (χ4v) is 2.57. The molecule has 1 aromatic rings. The van der Waals surface area contributed by atoms with Gasteiger partial charge in [-0.15, -0.1) is 0 Å². The Morgan fingerprint density at radius 1 is 1.44 bits per heavy atom. The Hall–Kier alpha value is -0.780. The highest BCUT2D eigenvalue weighted by Crippen LogP contribution is 2.36. The van der Waals surface area contributed by atoms with Crippen LogP contribution in [-0.2, 0) is 6.54 Å². The highest BCUT2D eigenvalue weighted by atomic mass is 79.9. The van der Waals surface area contributed by atoms with Gasteiger partial charge in [0, 0.05) is 29.2 Å². The number of ether oxygens (including phenoxy) is 1. The van der Waals surface area contributed by atoms with Gasteiger partial charge in [0.15, 0.2) is 11.5 Å². The third-order valence-corrected chi connectivity index (χ3v) is 3.62. The van der Waals surface area contributed by atoms with Crippen molar-refractivity contribution in [1.29, 1.82) is 0 Å². The highest BCUT2D eigenvalue weighted by molar-refractivity contribution is 9.10. The first-order valence-electron chi connectivity index (χ1n) is 6.06. The van der Waals surface area contributed by atoms with Crippen LogP contribution in [0.5, 0.6) is 11.5 Å². The molecular weight excluding hydrogens is 298 g/mol. The van der Waals surface area contributed by atoms with Crippen molar-refractivity contribution in [3.05, 3.63) is 22.2 Å². The summed E-state index contributed by atoms with van der Waals surface area (Å²) in [6.45, 7) is 1.41. The number of phenolic OH excluding ortho intramolecular Hbond substituents is 1. The molecule has 1 aromatic carbocycles. The Labute approximate surface area is 115 Å². The molecule has 0 aromatic heterocycles. The zero-order valence-electron chi connectivity index (χ0n) is 10.4. The second-order valence-corrected chi connectivity index (χ2v) is 5.46. The topological polar surface area (TPSA) is 52.9 Å². The summed E-state index contributed by atoms with van der Waals surface area (Å²) in [5.74, 6) is 0.656. The maximum Gasteiger partial charge on any atom is 0.162 e. The molecule has 0 aliphatic heterocycles. The monoisotopic (exact) mass is 315 g/mol. The number of aliphatic hydroxyl groups excluding tert-OH is 1. The summed E-state index contributed by atoms with van der Waals surface area (Å²) in [5.41, 5.74) is 0.821. The Bertz CT molecular complexity index is 421. The molecule has 0 atom stereocenters. The molecule has 1 fully saturated rings. The third-order valence-electron chi connectivity index (χ3n) is 3.16. The fourth-order valence-electron chi connectivity index (χ4n) is 2.08. The SMILES string of the molecule is COc1cc(Br)cc(CN(CCO)C2CC2)c1O. The standard InChI is InChI=1S/C13H18BrNO3/c1-18-12-7-10(14)6-9(13(12)17)8-15(4-5-16)11-2-3-11/h6-7,11,16-17H,2-5,8H2,1H3. The predicted octanol–water partition coefficient (Wildman–Crippen LogP) is 2.12. The summed E-state index contributed by atoms with van der Waals surface area (Å²) in [4.78, 5) is 2.20. The van der Waals surface area contributed by atoms with E-state index in [2.05, 4.69) is 20.8 Å². The van der Waals surface area contributed by atoms with E-state index < -0.39 is 0 Å². The minimum atomic E-state index is 0.141. The number of rotatable bonds is 6. The summed E-state index contributed by atoms with van der Waals surface area (Å²) in [6.07, 6.45) is 2.35. The van der Waals surface area contributed by atoms with Crippen molar-refractivity contribution in [3.8, 4) is 11.5 Å². The summed E-state index contributed by atoms with van der Waals surface area (Å²) in [6, 6.07) is 4.18. The normalized spacial score (nSPS) is 15.1. The van der Waals surface area contributed by atoms with Gasteiger partial charge in [-0.25, -0.2) is 0 Å². The van der Waals surface area contributed by atoms with Crippen LogP contribution in [0, 0.1) is 0 Å². The summed E-state index contributed by atoms with van der Waals surface area (Å²) in [7, 11) is 1.54. The number of aromatic hydroxyl groups is 1. The highest BCUT2D eigenvalue weighted by Gasteiger charge is 2.29. The third kappa shape index (κ3) is 3.16. The van der Waals surface area contributed by atoms with E-state index >= 15 is 0 Å². The van der Waals surface area contributed by atoms with Crippen molar-refractivity contribution in [2.75, 3.05) is 20.3 Å². The number of benzene rings is 1. The molecule has 1 saturated carbocycles. The molecule has 0 unspecified atom stereocenters. The van der Waals surface area contributed by atoms with E-state index in [-0.39, 0.29) is 12.4 Å². The second kappa shape index (κ2) is 5.91. The van der Waals surface area contributed by atoms with Gasteiger partial charge < -0.3 is 14.9 Å². The molecule has 2 N–H and O–H groups in total. The van der Waals surface area contributed by atoms with E-state index in [0.29, 0.717) is 24.9 Å². The number of aliphatic hydroxyl groups is 1. The molecule has 2 rings (SSSR count). The molecule has 0 bridgehead atoms. The van der Waals surface area contributed by atoms with Crippen molar-refractivity contribution in [2.45, 2.75) is 25.4 Å². The minimum absolute atomic E-state index is 0.141. The first-order valence-corrected chi connectivity index (χ1v) is 6.85. The molecule has 1 aliphatic carbocycles. The first-order chi connectivity index (χ1) is 8.65. The van der Waals surface area contributed by atoms with Crippen LogP contribution < -0.4 is 4.74 Å². The number of hydrogen-bond acceptors (Lipinski definition) is 4. The van der Waals surface area contributed by atoms with Gasteiger partial charge in [-0.3, -0.25) is 4.90 Å². The van der Waals surface area contributed by atoms with Gasteiger partial charge in [0.25, 0.3) is 0 Å². The van der Waals surface area contributed by atoms with Crippen LogP contribution in [0.1, 0.15) is 18.4 Å². The van der Waals surface area contributed by atoms with Gasteiger partial charge >= 0.3 is 0 Å². The van der Waals surface area contributed by atoms with Crippen molar-refractivity contribution >= 4 is 15.9 Å². The van der Waals surface area contributed by atoms with Crippen LogP contribution >= 0.6 is 15.9 Å². The lowest BCUT2D eigenvalue weighted by molar-refractivity contribution is 0.182. The van der Waals surface area contributed by atoms with Crippen molar-refractivity contribution in [2.24, 2.45) is 0 Å². The average molecular weight is 316 g/mol. The van der Waals surface area contributed by atoms with Gasteiger partial charge in [-0.1, -0.05) is 15.9 Å². The lowest BCUT2D eigenvalue weighted by Gasteiger charge is -2.22. The molecule has 0 amide bonds. The molecule has 18 heavy (non-hydrogen) atoms.